The SMILES string of the molecule is CC1CCCC(CCC2CCCCN2)C1. The topological polar surface area (TPSA) is 12.0 Å². The molecule has 0 amide bonds. The van der Waals surface area contributed by atoms with Crippen LogP contribution in [0, 0.1) is 11.8 Å². The van der Waals surface area contributed by atoms with Crippen molar-refractivity contribution in [3.63, 3.8) is 0 Å². The highest BCUT2D eigenvalue weighted by Crippen LogP contribution is 2.32. The van der Waals surface area contributed by atoms with Crippen molar-refractivity contribution in [2.24, 2.45) is 11.8 Å². The number of nitrogens with one attached hydrogen (secondary N) is 1. The lowest BCUT2D eigenvalue weighted by molar-refractivity contribution is 0.249. The van der Waals surface area contributed by atoms with Crippen LogP contribution in [0.1, 0.15) is 64.7 Å². The minimum absolute atomic E-state index is 0.857. The van der Waals surface area contributed by atoms with E-state index in [1.165, 1.54) is 64.3 Å². The summed E-state index contributed by atoms with van der Waals surface area (Å²) in [5, 5.41) is 3.67. The third kappa shape index (κ3) is 3.79. The summed E-state index contributed by atoms with van der Waals surface area (Å²) in [5.74, 6) is 2.06. The third-order valence-electron chi connectivity index (χ3n) is 4.38. The van der Waals surface area contributed by atoms with Gasteiger partial charge in [0.15, 0.2) is 0 Å². The molecule has 0 aromatic rings. The van der Waals surface area contributed by atoms with Gasteiger partial charge in [-0.05, 0) is 50.5 Å². The zero-order valence-electron chi connectivity index (χ0n) is 10.3. The lowest BCUT2D eigenvalue weighted by Crippen LogP contribution is -2.34. The first kappa shape index (κ1) is 11.4. The molecule has 2 rings (SSSR count). The summed E-state index contributed by atoms with van der Waals surface area (Å²) < 4.78 is 0. The molecule has 15 heavy (non-hydrogen) atoms. The summed E-state index contributed by atoms with van der Waals surface area (Å²) in [4.78, 5) is 0. The Morgan fingerprint density at radius 2 is 1.93 bits per heavy atom. The van der Waals surface area contributed by atoms with Gasteiger partial charge in [0.25, 0.3) is 0 Å². The van der Waals surface area contributed by atoms with Crippen molar-refractivity contribution in [2.45, 2.75) is 70.8 Å². The van der Waals surface area contributed by atoms with E-state index in [0.29, 0.717) is 0 Å². The molecular formula is C14H27N. The van der Waals surface area contributed by atoms with Gasteiger partial charge in [0.2, 0.25) is 0 Å². The molecule has 2 aliphatic rings. The molecule has 1 N–H and O–H groups in total. The molecule has 1 aliphatic heterocycles. The number of rotatable bonds is 3. The first-order valence-electron chi connectivity index (χ1n) is 7.08. The van der Waals surface area contributed by atoms with Crippen LogP contribution < -0.4 is 5.32 Å². The molecule has 1 nitrogen and oxygen atoms in total. The summed E-state index contributed by atoms with van der Waals surface area (Å²) in [6.45, 7) is 3.71. The van der Waals surface area contributed by atoms with Gasteiger partial charge in [0.1, 0.15) is 0 Å². The molecule has 1 saturated heterocycles. The van der Waals surface area contributed by atoms with Crippen molar-refractivity contribution in [2.75, 3.05) is 6.54 Å². The van der Waals surface area contributed by atoms with Gasteiger partial charge in [0, 0.05) is 6.04 Å². The summed E-state index contributed by atoms with van der Waals surface area (Å²) in [6.07, 6.45) is 13.2. The van der Waals surface area contributed by atoms with Gasteiger partial charge < -0.3 is 5.32 Å². The quantitative estimate of drug-likeness (QED) is 0.746. The number of hydrogen-bond acceptors (Lipinski definition) is 1. The van der Waals surface area contributed by atoms with Gasteiger partial charge in [-0.1, -0.05) is 32.6 Å². The minimum Gasteiger partial charge on any atom is -0.314 e. The fourth-order valence-corrected chi connectivity index (χ4v) is 3.43. The fourth-order valence-electron chi connectivity index (χ4n) is 3.43. The van der Waals surface area contributed by atoms with Crippen LogP contribution in [-0.2, 0) is 0 Å². The molecule has 0 bridgehead atoms. The van der Waals surface area contributed by atoms with Crippen LogP contribution in [0.25, 0.3) is 0 Å². The minimum atomic E-state index is 0.857. The Labute approximate surface area is 95.0 Å². The van der Waals surface area contributed by atoms with Crippen molar-refractivity contribution < 1.29 is 0 Å². The van der Waals surface area contributed by atoms with Crippen molar-refractivity contribution in [1.29, 1.82) is 0 Å². The molecule has 1 aliphatic carbocycles. The Kier molecular flexibility index (Phi) is 4.49. The second-order valence-electron chi connectivity index (χ2n) is 5.86. The van der Waals surface area contributed by atoms with Gasteiger partial charge in [-0.25, -0.2) is 0 Å². The molecule has 0 aromatic carbocycles. The van der Waals surface area contributed by atoms with Gasteiger partial charge in [-0.2, -0.15) is 0 Å². The Morgan fingerprint density at radius 3 is 2.67 bits per heavy atom. The van der Waals surface area contributed by atoms with E-state index >= 15 is 0 Å². The van der Waals surface area contributed by atoms with Crippen LogP contribution in [0.3, 0.4) is 0 Å². The van der Waals surface area contributed by atoms with E-state index < -0.39 is 0 Å². The maximum absolute atomic E-state index is 3.67. The Hall–Kier alpha value is -0.0400. The summed E-state index contributed by atoms with van der Waals surface area (Å²) >= 11 is 0. The molecule has 2 fully saturated rings. The lowest BCUT2D eigenvalue weighted by Gasteiger charge is -2.29. The van der Waals surface area contributed by atoms with Crippen LogP contribution in [-0.4, -0.2) is 12.6 Å². The maximum atomic E-state index is 3.67. The molecule has 0 aromatic heterocycles. The molecule has 0 spiro atoms. The number of piperidine rings is 1. The van der Waals surface area contributed by atoms with Crippen molar-refractivity contribution in [1.82, 2.24) is 5.32 Å². The maximum Gasteiger partial charge on any atom is 0.00671 e. The van der Waals surface area contributed by atoms with Gasteiger partial charge in [-0.15, -0.1) is 0 Å². The highest BCUT2D eigenvalue weighted by Gasteiger charge is 2.20. The normalized spacial score (nSPS) is 37.8. The first-order valence-corrected chi connectivity index (χ1v) is 7.08. The van der Waals surface area contributed by atoms with E-state index in [-0.39, 0.29) is 0 Å². The predicted octanol–water partition coefficient (Wildman–Crippen LogP) is 3.74. The predicted molar refractivity (Wildman–Crippen MR) is 66.0 cm³/mol. The first-order chi connectivity index (χ1) is 7.34. The molecular weight excluding hydrogens is 182 g/mol. The van der Waals surface area contributed by atoms with Crippen LogP contribution in [0.2, 0.25) is 0 Å². The molecule has 1 saturated carbocycles. The average molecular weight is 209 g/mol. The molecule has 1 heterocycles. The standard InChI is InChI=1S/C14H27N/c1-12-5-4-6-13(11-12)8-9-14-7-2-3-10-15-14/h12-15H,2-11H2,1H3. The zero-order valence-corrected chi connectivity index (χ0v) is 10.3. The van der Waals surface area contributed by atoms with Crippen LogP contribution in [0.15, 0.2) is 0 Å². The van der Waals surface area contributed by atoms with Crippen LogP contribution in [0.5, 0.6) is 0 Å². The van der Waals surface area contributed by atoms with Gasteiger partial charge in [-0.3, -0.25) is 0 Å². The average Bonchev–Trinajstić information content (AvgIpc) is 2.28. The largest absolute Gasteiger partial charge is 0.314 e. The van der Waals surface area contributed by atoms with Crippen molar-refractivity contribution in [3.8, 4) is 0 Å². The summed E-state index contributed by atoms with van der Waals surface area (Å²) in [7, 11) is 0. The Balaban J connectivity index is 1.63. The number of hydrogen-bond donors (Lipinski definition) is 1. The molecule has 3 atom stereocenters. The van der Waals surface area contributed by atoms with Gasteiger partial charge >= 0.3 is 0 Å². The van der Waals surface area contributed by atoms with Crippen LogP contribution >= 0.6 is 0 Å². The second-order valence-corrected chi connectivity index (χ2v) is 5.86. The van der Waals surface area contributed by atoms with E-state index in [4.69, 9.17) is 0 Å². The zero-order chi connectivity index (χ0) is 10.5. The molecule has 88 valence electrons. The second kappa shape index (κ2) is 5.89. The molecule has 0 radical (unpaired) electrons. The van der Waals surface area contributed by atoms with E-state index in [9.17, 15) is 0 Å². The monoisotopic (exact) mass is 209 g/mol. The Bertz CT molecular complexity index is 172. The third-order valence-corrected chi connectivity index (χ3v) is 4.38. The molecule has 3 unspecified atom stereocenters. The van der Waals surface area contributed by atoms with E-state index in [2.05, 4.69) is 12.2 Å². The highest BCUT2D eigenvalue weighted by atomic mass is 14.9. The summed E-state index contributed by atoms with van der Waals surface area (Å²) in [6, 6.07) is 0.857. The molecule has 1 heteroatoms. The smallest absolute Gasteiger partial charge is 0.00671 e. The van der Waals surface area contributed by atoms with Crippen molar-refractivity contribution >= 4 is 0 Å². The Morgan fingerprint density at radius 1 is 1.00 bits per heavy atom. The van der Waals surface area contributed by atoms with E-state index in [1.807, 2.05) is 0 Å². The van der Waals surface area contributed by atoms with E-state index in [0.717, 1.165) is 17.9 Å². The highest BCUT2D eigenvalue weighted by molar-refractivity contribution is 4.76. The summed E-state index contributed by atoms with van der Waals surface area (Å²) in [5.41, 5.74) is 0. The van der Waals surface area contributed by atoms with E-state index in [1.54, 1.807) is 0 Å². The van der Waals surface area contributed by atoms with Gasteiger partial charge in [0.05, 0.1) is 0 Å². The van der Waals surface area contributed by atoms with Crippen LogP contribution in [0.4, 0.5) is 0 Å². The lowest BCUT2D eigenvalue weighted by atomic mass is 9.79. The fraction of sp³-hybridized carbons (Fsp3) is 1.00. The van der Waals surface area contributed by atoms with Crippen molar-refractivity contribution in [3.05, 3.63) is 0 Å².